The molecule has 2 fully saturated rings. The van der Waals surface area contributed by atoms with Gasteiger partial charge in [0.15, 0.2) is 0 Å². The van der Waals surface area contributed by atoms with Crippen molar-refractivity contribution >= 4 is 21.9 Å². The van der Waals surface area contributed by atoms with Gasteiger partial charge in [0.1, 0.15) is 11.4 Å². The first-order chi connectivity index (χ1) is 7.31. The fraction of sp³-hybridized carbons (Fsp3) is 0.750. The maximum Gasteiger partial charge on any atom is 0.317 e. The summed E-state index contributed by atoms with van der Waals surface area (Å²) < 4.78 is 5.44. The summed E-state index contributed by atoms with van der Waals surface area (Å²) in [5.74, 6) is -0.127. The van der Waals surface area contributed by atoms with Crippen molar-refractivity contribution in [2.24, 2.45) is 0 Å². The molecule has 0 spiro atoms. The average molecular weight is 273 g/mol. The van der Waals surface area contributed by atoms with Crippen LogP contribution in [0, 0.1) is 0 Å². The lowest BCUT2D eigenvalue weighted by molar-refractivity contribution is -0.143. The molecule has 2 saturated carbocycles. The number of ether oxygens (including phenoxy) is 1. The largest absolute Gasteiger partial charge is 0.457 e. The molecule has 0 amide bonds. The molecule has 2 aliphatic rings. The summed E-state index contributed by atoms with van der Waals surface area (Å²) in [6, 6.07) is 0. The van der Waals surface area contributed by atoms with Crippen LogP contribution in [0.15, 0.2) is 11.1 Å². The van der Waals surface area contributed by atoms with Crippen molar-refractivity contribution in [3.63, 3.8) is 0 Å². The van der Waals surface area contributed by atoms with Crippen LogP contribution < -0.4 is 0 Å². The number of carbonyl (C=O) groups excluding carboxylic acids is 1. The molecular formula is C12H17BrO2. The van der Waals surface area contributed by atoms with Crippen molar-refractivity contribution < 1.29 is 9.53 Å². The highest BCUT2D eigenvalue weighted by molar-refractivity contribution is 9.09. The van der Waals surface area contributed by atoms with Crippen molar-refractivity contribution in [2.75, 3.05) is 5.33 Å². The molecular weight excluding hydrogens is 256 g/mol. The Balaban J connectivity index is 2.04. The predicted molar refractivity (Wildman–Crippen MR) is 63.0 cm³/mol. The maximum atomic E-state index is 11.2. The Hall–Kier alpha value is -0.310. The molecule has 2 rings (SSSR count). The summed E-state index contributed by atoms with van der Waals surface area (Å²) in [6.45, 7) is 0. The van der Waals surface area contributed by atoms with Crippen LogP contribution in [0.4, 0.5) is 0 Å². The summed E-state index contributed by atoms with van der Waals surface area (Å²) in [6.07, 6.45) is 8.56. The number of hydrogen-bond donors (Lipinski definition) is 0. The second kappa shape index (κ2) is 5.15. The Morgan fingerprint density at radius 1 is 1.27 bits per heavy atom. The van der Waals surface area contributed by atoms with Crippen LogP contribution in [-0.2, 0) is 9.53 Å². The van der Waals surface area contributed by atoms with E-state index in [9.17, 15) is 4.79 Å². The first-order valence-corrected chi connectivity index (χ1v) is 6.89. The third-order valence-electron chi connectivity index (χ3n) is 3.35. The van der Waals surface area contributed by atoms with Crippen molar-refractivity contribution in [3.05, 3.63) is 11.1 Å². The van der Waals surface area contributed by atoms with E-state index in [0.29, 0.717) is 5.33 Å². The van der Waals surface area contributed by atoms with Gasteiger partial charge in [0.05, 0.1) is 0 Å². The van der Waals surface area contributed by atoms with E-state index in [-0.39, 0.29) is 12.1 Å². The fourth-order valence-electron chi connectivity index (χ4n) is 2.66. The van der Waals surface area contributed by atoms with Crippen LogP contribution in [0.1, 0.15) is 44.9 Å². The molecule has 1 unspecified atom stereocenters. The number of allylic oxidation sites excluding steroid dienone is 1. The summed E-state index contributed by atoms with van der Waals surface area (Å²) in [5, 5.41) is 0.312. The van der Waals surface area contributed by atoms with E-state index in [4.69, 9.17) is 4.74 Å². The molecule has 0 heterocycles. The fourth-order valence-corrected chi connectivity index (χ4v) is 2.79. The standard InChI is InChI=1S/C12H17BrO2/c13-8-12(14)15-11-7-3-6-10(11)9-4-1-2-5-9/h11H,1-8H2. The minimum atomic E-state index is -0.127. The van der Waals surface area contributed by atoms with Gasteiger partial charge < -0.3 is 4.74 Å². The monoisotopic (exact) mass is 272 g/mol. The Morgan fingerprint density at radius 2 is 2.00 bits per heavy atom. The average Bonchev–Trinajstić information content (AvgIpc) is 2.86. The summed E-state index contributed by atoms with van der Waals surface area (Å²) in [5.41, 5.74) is 3.03. The second-order valence-corrected chi connectivity index (χ2v) is 4.90. The van der Waals surface area contributed by atoms with Gasteiger partial charge in [-0.05, 0) is 50.5 Å². The van der Waals surface area contributed by atoms with Crippen molar-refractivity contribution in [1.82, 2.24) is 0 Å². The summed E-state index contributed by atoms with van der Waals surface area (Å²) in [7, 11) is 0. The lowest BCUT2D eigenvalue weighted by Gasteiger charge is -2.15. The zero-order valence-electron chi connectivity index (χ0n) is 8.93. The van der Waals surface area contributed by atoms with Crippen LogP contribution in [0.5, 0.6) is 0 Å². The predicted octanol–water partition coefficient (Wildman–Crippen LogP) is 3.35. The molecule has 1 atom stereocenters. The first kappa shape index (κ1) is 11.2. The lowest BCUT2D eigenvalue weighted by Crippen LogP contribution is -2.18. The summed E-state index contributed by atoms with van der Waals surface area (Å²) in [4.78, 5) is 11.2. The normalized spacial score (nSPS) is 26.1. The van der Waals surface area contributed by atoms with E-state index >= 15 is 0 Å². The third kappa shape index (κ3) is 2.63. The minimum Gasteiger partial charge on any atom is -0.457 e. The van der Waals surface area contributed by atoms with E-state index in [1.807, 2.05) is 0 Å². The quantitative estimate of drug-likeness (QED) is 0.438. The van der Waals surface area contributed by atoms with Crippen LogP contribution >= 0.6 is 15.9 Å². The molecule has 15 heavy (non-hydrogen) atoms. The smallest absolute Gasteiger partial charge is 0.317 e. The van der Waals surface area contributed by atoms with Gasteiger partial charge in [0.25, 0.3) is 0 Å². The number of halogens is 1. The van der Waals surface area contributed by atoms with Gasteiger partial charge in [-0.25, -0.2) is 0 Å². The molecule has 84 valence electrons. The molecule has 0 aromatic rings. The molecule has 2 nitrogen and oxygen atoms in total. The molecule has 2 aliphatic carbocycles. The highest BCUT2D eigenvalue weighted by Crippen LogP contribution is 2.37. The number of esters is 1. The van der Waals surface area contributed by atoms with E-state index in [0.717, 1.165) is 12.8 Å². The highest BCUT2D eigenvalue weighted by Gasteiger charge is 2.27. The number of rotatable bonds is 2. The van der Waals surface area contributed by atoms with Gasteiger partial charge in [0.2, 0.25) is 0 Å². The number of carbonyl (C=O) groups is 1. The Bertz CT molecular complexity index is 275. The molecule has 0 radical (unpaired) electrons. The second-order valence-electron chi connectivity index (χ2n) is 4.34. The van der Waals surface area contributed by atoms with Gasteiger partial charge >= 0.3 is 5.97 Å². The molecule has 3 heteroatoms. The van der Waals surface area contributed by atoms with Crippen molar-refractivity contribution in [3.8, 4) is 0 Å². The van der Waals surface area contributed by atoms with Crippen LogP contribution in [0.2, 0.25) is 0 Å². The van der Waals surface area contributed by atoms with Gasteiger partial charge in [-0.1, -0.05) is 21.5 Å². The van der Waals surface area contributed by atoms with Gasteiger partial charge in [0, 0.05) is 0 Å². The topological polar surface area (TPSA) is 26.3 Å². The summed E-state index contributed by atoms with van der Waals surface area (Å²) >= 11 is 3.13. The van der Waals surface area contributed by atoms with E-state index in [1.54, 1.807) is 5.57 Å². The van der Waals surface area contributed by atoms with Crippen LogP contribution in [0.25, 0.3) is 0 Å². The highest BCUT2D eigenvalue weighted by atomic mass is 79.9. The molecule has 0 aliphatic heterocycles. The zero-order chi connectivity index (χ0) is 10.7. The number of hydrogen-bond acceptors (Lipinski definition) is 2. The number of alkyl halides is 1. The van der Waals surface area contributed by atoms with E-state index in [1.165, 1.54) is 37.7 Å². The molecule has 0 aromatic carbocycles. The zero-order valence-corrected chi connectivity index (χ0v) is 10.5. The molecule has 0 saturated heterocycles. The minimum absolute atomic E-state index is 0.100. The van der Waals surface area contributed by atoms with Crippen molar-refractivity contribution in [2.45, 2.75) is 51.0 Å². The SMILES string of the molecule is O=C(CBr)OC1CCCC1=C1CCCC1. The molecule has 0 aromatic heterocycles. The maximum absolute atomic E-state index is 11.2. The Morgan fingerprint density at radius 3 is 2.67 bits per heavy atom. The Kier molecular flexibility index (Phi) is 3.84. The van der Waals surface area contributed by atoms with Crippen molar-refractivity contribution in [1.29, 1.82) is 0 Å². The van der Waals surface area contributed by atoms with Gasteiger partial charge in [-0.3, -0.25) is 4.79 Å². The van der Waals surface area contributed by atoms with Gasteiger partial charge in [-0.2, -0.15) is 0 Å². The molecule has 0 bridgehead atoms. The third-order valence-corrected chi connectivity index (χ3v) is 3.80. The van der Waals surface area contributed by atoms with E-state index in [2.05, 4.69) is 15.9 Å². The van der Waals surface area contributed by atoms with E-state index < -0.39 is 0 Å². The van der Waals surface area contributed by atoms with Gasteiger partial charge in [-0.15, -0.1) is 0 Å². The lowest BCUT2D eigenvalue weighted by atomic mass is 10.0. The molecule has 0 N–H and O–H groups in total. The van der Waals surface area contributed by atoms with Crippen LogP contribution in [-0.4, -0.2) is 17.4 Å². The Labute approximate surface area is 99.2 Å². The first-order valence-electron chi connectivity index (χ1n) is 5.77. The van der Waals surface area contributed by atoms with Crippen LogP contribution in [0.3, 0.4) is 0 Å².